The van der Waals surface area contributed by atoms with E-state index in [2.05, 4.69) is 11.9 Å². The fourth-order valence-electron chi connectivity index (χ4n) is 0.129. The van der Waals surface area contributed by atoms with Crippen LogP contribution in [-0.2, 0) is 9.59 Å². The standard InChI is InChI=1S/C5H9NO.C3H7NO/c1-4-6(3)5(2)7;1-3(5)4-2/h4H,1H2,2-3H3;1-2H3,(H,4,5). The van der Waals surface area contributed by atoms with E-state index in [-0.39, 0.29) is 11.8 Å². The van der Waals surface area contributed by atoms with Gasteiger partial charge >= 0.3 is 0 Å². The maximum atomic E-state index is 10.2. The Balaban J connectivity index is 0. The van der Waals surface area contributed by atoms with E-state index in [1.165, 1.54) is 24.9 Å². The minimum atomic E-state index is 0.00463. The fourth-order valence-corrected chi connectivity index (χ4v) is 0.129. The smallest absolute Gasteiger partial charge is 0.223 e. The second kappa shape index (κ2) is 7.78. The Hall–Kier alpha value is -1.32. The molecule has 2 amide bonds. The second-order valence-electron chi connectivity index (χ2n) is 2.12. The van der Waals surface area contributed by atoms with Gasteiger partial charge in [0.25, 0.3) is 0 Å². The highest BCUT2D eigenvalue weighted by Crippen LogP contribution is 1.79. The molecule has 0 bridgehead atoms. The third kappa shape index (κ3) is 11.5. The van der Waals surface area contributed by atoms with Crippen molar-refractivity contribution in [3.8, 4) is 0 Å². The summed E-state index contributed by atoms with van der Waals surface area (Å²) in [6.07, 6.45) is 1.47. The van der Waals surface area contributed by atoms with Gasteiger partial charge < -0.3 is 10.2 Å². The van der Waals surface area contributed by atoms with Crippen molar-refractivity contribution in [1.29, 1.82) is 0 Å². The van der Waals surface area contributed by atoms with E-state index in [1.54, 1.807) is 14.1 Å². The predicted molar refractivity (Wildman–Crippen MR) is 48.4 cm³/mol. The van der Waals surface area contributed by atoms with Crippen LogP contribution in [0, 0.1) is 0 Å². The van der Waals surface area contributed by atoms with Crippen molar-refractivity contribution in [1.82, 2.24) is 10.2 Å². The molecule has 4 heteroatoms. The van der Waals surface area contributed by atoms with Crippen molar-refractivity contribution in [2.24, 2.45) is 0 Å². The van der Waals surface area contributed by atoms with Gasteiger partial charge in [0.05, 0.1) is 0 Å². The monoisotopic (exact) mass is 172 g/mol. The lowest BCUT2D eigenvalue weighted by Crippen LogP contribution is -2.15. The molecule has 0 spiro atoms. The summed E-state index contributed by atoms with van der Waals surface area (Å²) in [6, 6.07) is 0. The summed E-state index contributed by atoms with van der Waals surface area (Å²) in [4.78, 5) is 21.3. The lowest BCUT2D eigenvalue weighted by atomic mass is 10.6. The summed E-state index contributed by atoms with van der Waals surface area (Å²) < 4.78 is 0. The number of amides is 2. The molecule has 0 aliphatic rings. The van der Waals surface area contributed by atoms with E-state index in [4.69, 9.17) is 0 Å². The molecule has 0 aromatic rings. The molecular weight excluding hydrogens is 156 g/mol. The Bertz CT molecular complexity index is 166. The molecule has 0 unspecified atom stereocenters. The van der Waals surface area contributed by atoms with Gasteiger partial charge in [0.15, 0.2) is 0 Å². The second-order valence-corrected chi connectivity index (χ2v) is 2.12. The summed E-state index contributed by atoms with van der Waals surface area (Å²) in [5, 5.41) is 2.39. The first-order chi connectivity index (χ1) is 5.45. The third-order valence-electron chi connectivity index (χ3n) is 1.12. The van der Waals surface area contributed by atoms with Gasteiger partial charge in [-0.1, -0.05) is 6.58 Å². The van der Waals surface area contributed by atoms with Crippen molar-refractivity contribution in [2.75, 3.05) is 14.1 Å². The first kappa shape index (κ1) is 13.3. The van der Waals surface area contributed by atoms with Crippen molar-refractivity contribution >= 4 is 11.8 Å². The van der Waals surface area contributed by atoms with Gasteiger partial charge in [0, 0.05) is 27.9 Å². The van der Waals surface area contributed by atoms with Gasteiger partial charge in [-0.25, -0.2) is 0 Å². The zero-order valence-corrected chi connectivity index (χ0v) is 8.05. The molecule has 0 rings (SSSR count). The molecule has 0 radical (unpaired) electrons. The zero-order valence-electron chi connectivity index (χ0n) is 8.05. The molecule has 0 aromatic heterocycles. The molecule has 70 valence electrons. The number of carbonyl (C=O) groups is 2. The third-order valence-corrected chi connectivity index (χ3v) is 1.12. The minimum Gasteiger partial charge on any atom is -0.359 e. The van der Waals surface area contributed by atoms with Crippen LogP contribution in [0.2, 0.25) is 0 Å². The number of rotatable bonds is 1. The van der Waals surface area contributed by atoms with Crippen LogP contribution < -0.4 is 5.32 Å². The molecule has 0 aliphatic carbocycles. The van der Waals surface area contributed by atoms with Gasteiger partial charge in [-0.3, -0.25) is 9.59 Å². The number of carbonyl (C=O) groups excluding carboxylic acids is 2. The quantitative estimate of drug-likeness (QED) is 0.621. The van der Waals surface area contributed by atoms with Crippen LogP contribution in [0.25, 0.3) is 0 Å². The van der Waals surface area contributed by atoms with Crippen LogP contribution in [0.3, 0.4) is 0 Å². The molecule has 0 saturated carbocycles. The maximum Gasteiger partial charge on any atom is 0.223 e. The number of hydrogen-bond acceptors (Lipinski definition) is 2. The van der Waals surface area contributed by atoms with E-state index >= 15 is 0 Å². The highest BCUT2D eigenvalue weighted by molar-refractivity contribution is 5.73. The highest BCUT2D eigenvalue weighted by Gasteiger charge is 1.90. The van der Waals surface area contributed by atoms with Crippen LogP contribution >= 0.6 is 0 Å². The Morgan fingerprint density at radius 1 is 1.42 bits per heavy atom. The zero-order chi connectivity index (χ0) is 10.1. The summed E-state index contributed by atoms with van der Waals surface area (Å²) >= 11 is 0. The topological polar surface area (TPSA) is 49.4 Å². The van der Waals surface area contributed by atoms with E-state index in [0.717, 1.165) is 0 Å². The van der Waals surface area contributed by atoms with Crippen molar-refractivity contribution in [3.63, 3.8) is 0 Å². The summed E-state index contributed by atoms with van der Waals surface area (Å²) in [6.45, 7) is 6.35. The molecule has 0 saturated heterocycles. The summed E-state index contributed by atoms with van der Waals surface area (Å²) in [5.41, 5.74) is 0. The normalized spacial score (nSPS) is 7.33. The van der Waals surface area contributed by atoms with Crippen LogP contribution in [0.4, 0.5) is 0 Å². The molecule has 0 fully saturated rings. The van der Waals surface area contributed by atoms with Crippen molar-refractivity contribution in [2.45, 2.75) is 13.8 Å². The van der Waals surface area contributed by atoms with E-state index in [0.29, 0.717) is 0 Å². The largest absolute Gasteiger partial charge is 0.359 e. The van der Waals surface area contributed by atoms with E-state index in [1.807, 2.05) is 0 Å². The predicted octanol–water partition coefficient (Wildman–Crippen LogP) is 0.360. The first-order valence-corrected chi connectivity index (χ1v) is 3.50. The number of nitrogens with one attached hydrogen (secondary N) is 1. The van der Waals surface area contributed by atoms with Crippen molar-refractivity contribution < 1.29 is 9.59 Å². The Kier molecular flexibility index (Phi) is 8.62. The van der Waals surface area contributed by atoms with E-state index in [9.17, 15) is 9.59 Å². The molecule has 12 heavy (non-hydrogen) atoms. The van der Waals surface area contributed by atoms with Gasteiger partial charge in [-0.15, -0.1) is 0 Å². The lowest BCUT2D eigenvalue weighted by Gasteiger charge is -2.04. The van der Waals surface area contributed by atoms with Crippen LogP contribution in [0.15, 0.2) is 12.8 Å². The molecule has 0 atom stereocenters. The van der Waals surface area contributed by atoms with Crippen LogP contribution in [0.1, 0.15) is 13.8 Å². The molecule has 0 aliphatic heterocycles. The molecule has 1 N–H and O–H groups in total. The van der Waals surface area contributed by atoms with Gasteiger partial charge in [0.2, 0.25) is 11.8 Å². The average molecular weight is 172 g/mol. The average Bonchev–Trinajstić information content (AvgIpc) is 2.04. The highest BCUT2D eigenvalue weighted by atomic mass is 16.2. The minimum absolute atomic E-state index is 0.00463. The van der Waals surface area contributed by atoms with Crippen LogP contribution in [-0.4, -0.2) is 30.8 Å². The molecule has 0 heterocycles. The Morgan fingerprint density at radius 2 is 1.75 bits per heavy atom. The maximum absolute atomic E-state index is 10.2. The lowest BCUT2D eigenvalue weighted by molar-refractivity contribution is -0.125. The Morgan fingerprint density at radius 3 is 1.75 bits per heavy atom. The van der Waals surface area contributed by atoms with Crippen LogP contribution in [0.5, 0.6) is 0 Å². The number of nitrogens with zero attached hydrogens (tertiary/aromatic N) is 1. The van der Waals surface area contributed by atoms with Crippen molar-refractivity contribution in [3.05, 3.63) is 12.8 Å². The summed E-state index contributed by atoms with van der Waals surface area (Å²) in [7, 11) is 3.26. The fraction of sp³-hybridized carbons (Fsp3) is 0.500. The van der Waals surface area contributed by atoms with Gasteiger partial charge in [-0.05, 0) is 6.20 Å². The summed E-state index contributed by atoms with van der Waals surface area (Å²) in [5.74, 6) is 0.0139. The van der Waals surface area contributed by atoms with Gasteiger partial charge in [-0.2, -0.15) is 0 Å². The van der Waals surface area contributed by atoms with E-state index < -0.39 is 0 Å². The first-order valence-electron chi connectivity index (χ1n) is 3.50. The molecule has 4 nitrogen and oxygen atoms in total. The molecule has 0 aromatic carbocycles. The molecular formula is C8H16N2O2. The number of hydrogen-bond donors (Lipinski definition) is 1. The van der Waals surface area contributed by atoms with Gasteiger partial charge in [0.1, 0.15) is 0 Å². The SMILES string of the molecule is C=CN(C)C(C)=O.CNC(C)=O. The Labute approximate surface area is 73.2 Å².